The largest absolute Gasteiger partial charge is 0.348 e. The Hall–Kier alpha value is -2.60. The van der Waals surface area contributed by atoms with Crippen LogP contribution in [0.5, 0.6) is 0 Å². The lowest BCUT2D eigenvalue weighted by molar-refractivity contribution is -0.119. The SMILES string of the molecule is O=C(CSc1nncn1C1CC1)NC(Cc1ccccc1)c1ccccc1. The molecule has 27 heavy (non-hydrogen) atoms. The topological polar surface area (TPSA) is 59.8 Å². The zero-order valence-electron chi connectivity index (χ0n) is 15.0. The summed E-state index contributed by atoms with van der Waals surface area (Å²) >= 11 is 1.45. The van der Waals surface area contributed by atoms with E-state index in [1.807, 2.05) is 36.4 Å². The summed E-state index contributed by atoms with van der Waals surface area (Å²) in [4.78, 5) is 12.6. The van der Waals surface area contributed by atoms with Gasteiger partial charge in [-0.2, -0.15) is 0 Å². The van der Waals surface area contributed by atoms with Crippen molar-refractivity contribution in [2.24, 2.45) is 0 Å². The van der Waals surface area contributed by atoms with Crippen LogP contribution in [-0.4, -0.2) is 26.4 Å². The van der Waals surface area contributed by atoms with Crippen molar-refractivity contribution in [2.75, 3.05) is 5.75 Å². The van der Waals surface area contributed by atoms with Crippen LogP contribution in [0.25, 0.3) is 0 Å². The van der Waals surface area contributed by atoms with E-state index < -0.39 is 0 Å². The molecule has 4 rings (SSSR count). The Balaban J connectivity index is 1.41. The van der Waals surface area contributed by atoms with Crippen molar-refractivity contribution in [2.45, 2.75) is 36.5 Å². The van der Waals surface area contributed by atoms with Crippen molar-refractivity contribution in [3.63, 3.8) is 0 Å². The molecule has 1 N–H and O–H groups in total. The molecule has 2 aromatic carbocycles. The molecule has 0 spiro atoms. The molecule has 1 aliphatic rings. The molecule has 0 bridgehead atoms. The lowest BCUT2D eigenvalue weighted by Gasteiger charge is -2.19. The van der Waals surface area contributed by atoms with Crippen LogP contribution in [0.1, 0.15) is 36.1 Å². The van der Waals surface area contributed by atoms with Gasteiger partial charge in [-0.1, -0.05) is 72.4 Å². The normalized spacial score (nSPS) is 14.7. The van der Waals surface area contributed by atoms with Crippen LogP contribution in [0, 0.1) is 0 Å². The van der Waals surface area contributed by atoms with Gasteiger partial charge in [0.15, 0.2) is 5.16 Å². The third-order valence-electron chi connectivity index (χ3n) is 4.63. The van der Waals surface area contributed by atoms with Crippen LogP contribution >= 0.6 is 11.8 Å². The van der Waals surface area contributed by atoms with E-state index in [-0.39, 0.29) is 11.9 Å². The number of carbonyl (C=O) groups is 1. The number of nitrogens with one attached hydrogen (secondary N) is 1. The molecule has 0 radical (unpaired) electrons. The molecule has 1 fully saturated rings. The molecule has 1 heterocycles. The molecule has 0 aliphatic heterocycles. The van der Waals surface area contributed by atoms with Crippen molar-refractivity contribution in [3.05, 3.63) is 78.1 Å². The summed E-state index contributed by atoms with van der Waals surface area (Å²) in [5.41, 5.74) is 2.31. The molecule has 0 saturated heterocycles. The predicted octanol–water partition coefficient (Wildman–Crippen LogP) is 3.81. The van der Waals surface area contributed by atoms with E-state index in [1.54, 1.807) is 6.33 Å². The molecule has 1 atom stereocenters. The fraction of sp³-hybridized carbons (Fsp3) is 0.286. The highest BCUT2D eigenvalue weighted by molar-refractivity contribution is 7.99. The fourth-order valence-corrected chi connectivity index (χ4v) is 3.89. The fourth-order valence-electron chi connectivity index (χ4n) is 3.09. The minimum atomic E-state index is -0.0528. The Morgan fingerprint density at radius 1 is 1.11 bits per heavy atom. The molecule has 138 valence electrons. The third kappa shape index (κ3) is 4.77. The lowest BCUT2D eigenvalue weighted by atomic mass is 9.99. The van der Waals surface area contributed by atoms with E-state index in [9.17, 15) is 4.79 Å². The first-order valence-corrected chi connectivity index (χ1v) is 10.2. The summed E-state index contributed by atoms with van der Waals surface area (Å²) in [6.45, 7) is 0. The van der Waals surface area contributed by atoms with E-state index >= 15 is 0 Å². The lowest BCUT2D eigenvalue weighted by Crippen LogP contribution is -2.31. The zero-order valence-corrected chi connectivity index (χ0v) is 15.8. The van der Waals surface area contributed by atoms with Crippen molar-refractivity contribution in [1.82, 2.24) is 20.1 Å². The van der Waals surface area contributed by atoms with Gasteiger partial charge in [-0.25, -0.2) is 0 Å². The maximum absolute atomic E-state index is 12.6. The Morgan fingerprint density at radius 3 is 2.52 bits per heavy atom. The minimum Gasteiger partial charge on any atom is -0.348 e. The molecule has 1 aliphatic carbocycles. The Bertz CT molecular complexity index is 877. The number of rotatable bonds is 8. The monoisotopic (exact) mass is 378 g/mol. The van der Waals surface area contributed by atoms with Gasteiger partial charge in [0.2, 0.25) is 5.91 Å². The molecular formula is C21H22N4OS. The van der Waals surface area contributed by atoms with Crippen molar-refractivity contribution >= 4 is 17.7 Å². The van der Waals surface area contributed by atoms with Gasteiger partial charge in [0.05, 0.1) is 11.8 Å². The Labute approximate surface area is 163 Å². The predicted molar refractivity (Wildman–Crippen MR) is 106 cm³/mol. The summed E-state index contributed by atoms with van der Waals surface area (Å²) in [7, 11) is 0. The van der Waals surface area contributed by atoms with Crippen LogP contribution in [-0.2, 0) is 11.2 Å². The summed E-state index contributed by atoms with van der Waals surface area (Å²) in [6, 6.07) is 20.8. The Kier molecular flexibility index (Phi) is 5.53. The van der Waals surface area contributed by atoms with Gasteiger partial charge in [-0.05, 0) is 30.4 Å². The number of hydrogen-bond donors (Lipinski definition) is 1. The van der Waals surface area contributed by atoms with Crippen LogP contribution < -0.4 is 5.32 Å². The van der Waals surface area contributed by atoms with Crippen LogP contribution in [0.2, 0.25) is 0 Å². The maximum atomic E-state index is 12.6. The number of nitrogens with zero attached hydrogens (tertiary/aromatic N) is 3. The first-order chi connectivity index (χ1) is 13.3. The summed E-state index contributed by atoms with van der Waals surface area (Å²) in [5.74, 6) is 0.346. The Morgan fingerprint density at radius 2 is 1.81 bits per heavy atom. The molecular weight excluding hydrogens is 356 g/mol. The van der Waals surface area contributed by atoms with Crippen LogP contribution in [0.4, 0.5) is 0 Å². The zero-order chi connectivity index (χ0) is 18.5. The average Bonchev–Trinajstić information content (AvgIpc) is 3.45. The van der Waals surface area contributed by atoms with Crippen LogP contribution in [0.15, 0.2) is 72.1 Å². The van der Waals surface area contributed by atoms with Crippen molar-refractivity contribution in [1.29, 1.82) is 0 Å². The van der Waals surface area contributed by atoms with Gasteiger partial charge in [-0.3, -0.25) is 4.79 Å². The molecule has 5 nitrogen and oxygen atoms in total. The van der Waals surface area contributed by atoms with E-state index in [4.69, 9.17) is 0 Å². The highest BCUT2D eigenvalue weighted by atomic mass is 32.2. The minimum absolute atomic E-state index is 0.00938. The number of aromatic nitrogens is 3. The summed E-state index contributed by atoms with van der Waals surface area (Å²) in [6.07, 6.45) is 4.87. The van der Waals surface area contributed by atoms with Gasteiger partial charge in [0.25, 0.3) is 0 Å². The number of benzene rings is 2. The molecule has 1 saturated carbocycles. The number of amides is 1. The van der Waals surface area contributed by atoms with Gasteiger partial charge in [-0.15, -0.1) is 10.2 Å². The highest BCUT2D eigenvalue weighted by Gasteiger charge is 2.26. The summed E-state index contributed by atoms with van der Waals surface area (Å²) < 4.78 is 2.08. The number of thioether (sulfide) groups is 1. The van der Waals surface area contributed by atoms with Crippen molar-refractivity contribution < 1.29 is 4.79 Å². The van der Waals surface area contributed by atoms with Crippen molar-refractivity contribution in [3.8, 4) is 0 Å². The van der Waals surface area contributed by atoms with E-state index in [0.29, 0.717) is 11.8 Å². The van der Waals surface area contributed by atoms with Gasteiger partial charge in [0, 0.05) is 6.04 Å². The quantitative estimate of drug-likeness (QED) is 0.606. The van der Waals surface area contributed by atoms with E-state index in [1.165, 1.54) is 30.2 Å². The first-order valence-electron chi connectivity index (χ1n) is 9.20. The molecule has 1 aromatic heterocycles. The maximum Gasteiger partial charge on any atom is 0.230 e. The first kappa shape index (κ1) is 17.8. The second kappa shape index (κ2) is 8.39. The molecule has 1 unspecified atom stereocenters. The number of carbonyl (C=O) groups excluding carboxylic acids is 1. The average molecular weight is 379 g/mol. The smallest absolute Gasteiger partial charge is 0.230 e. The molecule has 6 heteroatoms. The highest BCUT2D eigenvalue weighted by Crippen LogP contribution is 2.37. The van der Waals surface area contributed by atoms with Gasteiger partial charge in [0.1, 0.15) is 6.33 Å². The third-order valence-corrected chi connectivity index (χ3v) is 5.59. The van der Waals surface area contributed by atoms with E-state index in [0.717, 1.165) is 17.1 Å². The standard InChI is InChI=1S/C21H22N4OS/c26-20(14-27-21-24-22-15-25(21)18-11-12-18)23-19(17-9-5-2-6-10-17)13-16-7-3-1-4-8-16/h1-10,15,18-19H,11-14H2,(H,23,26). The second-order valence-electron chi connectivity index (χ2n) is 6.76. The number of hydrogen-bond acceptors (Lipinski definition) is 4. The van der Waals surface area contributed by atoms with E-state index in [2.05, 4.69) is 44.3 Å². The molecule has 1 amide bonds. The van der Waals surface area contributed by atoms with Crippen LogP contribution in [0.3, 0.4) is 0 Å². The second-order valence-corrected chi connectivity index (χ2v) is 7.70. The summed E-state index contributed by atoms with van der Waals surface area (Å²) in [5, 5.41) is 12.2. The molecule has 3 aromatic rings. The van der Waals surface area contributed by atoms with Gasteiger partial charge >= 0.3 is 0 Å². The van der Waals surface area contributed by atoms with Gasteiger partial charge < -0.3 is 9.88 Å².